The Bertz CT molecular complexity index is 784. The molecule has 0 spiro atoms. The maximum Gasteiger partial charge on any atom is 0.508 e. The van der Waals surface area contributed by atoms with Crippen molar-refractivity contribution in [2.45, 2.75) is 57.1 Å². The average molecular weight is 422 g/mol. The Labute approximate surface area is 173 Å². The number of aliphatic hydroxyl groups excluding tert-OH is 1. The predicted molar refractivity (Wildman–Crippen MR) is 103 cm³/mol. The van der Waals surface area contributed by atoms with Gasteiger partial charge in [0.05, 0.1) is 23.0 Å². The molecular weight excluding hydrogens is 396 g/mol. The van der Waals surface area contributed by atoms with E-state index >= 15 is 0 Å². The Balaban J connectivity index is 1.52. The van der Waals surface area contributed by atoms with Crippen LogP contribution in [-0.4, -0.2) is 53.6 Å². The van der Waals surface area contributed by atoms with Gasteiger partial charge in [-0.3, -0.25) is 14.9 Å². The number of amides is 1. The highest BCUT2D eigenvalue weighted by Gasteiger charge is 2.51. The van der Waals surface area contributed by atoms with E-state index in [0.717, 1.165) is 19.3 Å². The van der Waals surface area contributed by atoms with Gasteiger partial charge in [0.1, 0.15) is 12.7 Å². The van der Waals surface area contributed by atoms with Crippen LogP contribution in [-0.2, 0) is 25.6 Å². The summed E-state index contributed by atoms with van der Waals surface area (Å²) in [6, 6.07) is 5.31. The highest BCUT2D eigenvalue weighted by Crippen LogP contribution is 2.37. The molecule has 1 heterocycles. The minimum atomic E-state index is -0.932. The monoisotopic (exact) mass is 422 g/mol. The number of aliphatic hydroxyl groups is 1. The maximum atomic E-state index is 12.1. The topological polar surface area (TPSA) is 137 Å². The van der Waals surface area contributed by atoms with Crippen LogP contribution in [0, 0.1) is 22.0 Å². The summed E-state index contributed by atoms with van der Waals surface area (Å²) in [5.74, 6) is -0.983. The van der Waals surface area contributed by atoms with Crippen molar-refractivity contribution < 1.29 is 33.8 Å². The summed E-state index contributed by atoms with van der Waals surface area (Å²) in [7, 11) is 1.56. The van der Waals surface area contributed by atoms with Crippen LogP contribution in [0.25, 0.3) is 0 Å². The third kappa shape index (κ3) is 4.71. The second-order valence-corrected chi connectivity index (χ2v) is 7.70. The molecule has 1 unspecified atom stereocenters. The number of ether oxygens (including phenoxy) is 3. The van der Waals surface area contributed by atoms with Crippen LogP contribution in [0.4, 0.5) is 10.5 Å². The van der Waals surface area contributed by atoms with Gasteiger partial charge in [-0.2, -0.15) is 0 Å². The fourth-order valence-electron chi connectivity index (χ4n) is 4.23. The first-order chi connectivity index (χ1) is 14.3. The molecule has 10 nitrogen and oxygen atoms in total. The molecule has 2 fully saturated rings. The molecule has 1 aliphatic carbocycles. The minimum Gasteiger partial charge on any atom is -0.430 e. The zero-order chi connectivity index (χ0) is 21.8. The standard InChI is InChI=1S/C20H26N2O8/c1-11(30-20(25)29-10-12-6-8-13(9-7-12)22(26)27)16-17(21-19(16)24)14-4-3-5-15(28-2)18(14)23/h6-9,11,14-18,23H,3-5,10H2,1-2H3,(H,21,24)/t11-,14+,15-,16-,17-,18?/m1/s1. The lowest BCUT2D eigenvalue weighted by Gasteiger charge is -2.47. The number of carbonyl (C=O) groups is 2. The summed E-state index contributed by atoms with van der Waals surface area (Å²) in [5, 5.41) is 24.0. The van der Waals surface area contributed by atoms with Crippen LogP contribution in [0.3, 0.4) is 0 Å². The van der Waals surface area contributed by atoms with Gasteiger partial charge in [0, 0.05) is 31.2 Å². The number of rotatable bonds is 7. The van der Waals surface area contributed by atoms with Gasteiger partial charge in [-0.15, -0.1) is 0 Å². The number of non-ortho nitro benzene ring substituents is 1. The third-order valence-corrected chi connectivity index (χ3v) is 5.90. The Hall–Kier alpha value is -2.72. The molecule has 0 aromatic heterocycles. The summed E-state index contributed by atoms with van der Waals surface area (Å²) in [6.45, 7) is 1.51. The molecule has 2 aliphatic rings. The van der Waals surface area contributed by atoms with Gasteiger partial charge in [-0.1, -0.05) is 6.42 Å². The molecule has 3 rings (SSSR count). The van der Waals surface area contributed by atoms with Gasteiger partial charge in [-0.25, -0.2) is 4.79 Å². The number of nitrogens with one attached hydrogen (secondary N) is 1. The molecule has 1 saturated heterocycles. The van der Waals surface area contributed by atoms with E-state index in [9.17, 15) is 24.8 Å². The van der Waals surface area contributed by atoms with E-state index in [1.54, 1.807) is 14.0 Å². The number of hydrogen-bond acceptors (Lipinski definition) is 8. The van der Waals surface area contributed by atoms with Crippen molar-refractivity contribution in [1.82, 2.24) is 5.32 Å². The van der Waals surface area contributed by atoms with E-state index in [2.05, 4.69) is 5.32 Å². The summed E-state index contributed by atoms with van der Waals surface area (Å²) in [4.78, 5) is 34.3. The smallest absolute Gasteiger partial charge is 0.430 e. The molecule has 0 bridgehead atoms. The lowest BCUT2D eigenvalue weighted by Crippen LogP contribution is -2.68. The molecule has 1 aromatic carbocycles. The molecule has 1 saturated carbocycles. The van der Waals surface area contributed by atoms with Crippen molar-refractivity contribution in [1.29, 1.82) is 0 Å². The summed E-state index contributed by atoms with van der Waals surface area (Å²) in [6.07, 6.45) is -0.240. The average Bonchev–Trinajstić information content (AvgIpc) is 2.71. The second kappa shape index (κ2) is 9.40. The number of methoxy groups -OCH3 is 1. The molecule has 1 aliphatic heterocycles. The van der Waals surface area contributed by atoms with E-state index < -0.39 is 29.2 Å². The van der Waals surface area contributed by atoms with Gasteiger partial charge in [0.2, 0.25) is 5.91 Å². The quantitative estimate of drug-likeness (QED) is 0.294. The first-order valence-corrected chi connectivity index (χ1v) is 9.89. The van der Waals surface area contributed by atoms with E-state index in [1.807, 2.05) is 0 Å². The van der Waals surface area contributed by atoms with E-state index in [0.29, 0.717) is 5.56 Å². The number of nitro benzene ring substituents is 1. The van der Waals surface area contributed by atoms with Crippen molar-refractivity contribution >= 4 is 17.7 Å². The molecule has 10 heteroatoms. The molecule has 1 aromatic rings. The zero-order valence-electron chi connectivity index (χ0n) is 16.9. The molecule has 1 amide bonds. The predicted octanol–water partition coefficient (Wildman–Crippen LogP) is 1.93. The largest absolute Gasteiger partial charge is 0.508 e. The lowest BCUT2D eigenvalue weighted by molar-refractivity contribution is -0.384. The summed E-state index contributed by atoms with van der Waals surface area (Å²) >= 11 is 0. The Morgan fingerprint density at radius 1 is 1.33 bits per heavy atom. The van der Waals surface area contributed by atoms with E-state index in [4.69, 9.17) is 14.2 Å². The van der Waals surface area contributed by atoms with Gasteiger partial charge < -0.3 is 24.6 Å². The normalized spacial score (nSPS) is 29.3. The molecule has 2 N–H and O–H groups in total. The van der Waals surface area contributed by atoms with Gasteiger partial charge in [0.25, 0.3) is 5.69 Å². The highest BCUT2D eigenvalue weighted by atomic mass is 16.7. The summed E-state index contributed by atoms with van der Waals surface area (Å²) in [5.41, 5.74) is 0.512. The Kier molecular flexibility index (Phi) is 6.88. The highest BCUT2D eigenvalue weighted by molar-refractivity contribution is 5.86. The number of carbonyl (C=O) groups excluding carboxylic acids is 2. The van der Waals surface area contributed by atoms with Crippen LogP contribution >= 0.6 is 0 Å². The molecule has 30 heavy (non-hydrogen) atoms. The van der Waals surface area contributed by atoms with E-state index in [1.165, 1.54) is 24.3 Å². The van der Waals surface area contributed by atoms with Gasteiger partial charge in [-0.05, 0) is 37.5 Å². The maximum absolute atomic E-state index is 12.1. The van der Waals surface area contributed by atoms with Crippen LogP contribution in [0.1, 0.15) is 31.7 Å². The fourth-order valence-corrected chi connectivity index (χ4v) is 4.23. The van der Waals surface area contributed by atoms with Crippen molar-refractivity contribution in [3.63, 3.8) is 0 Å². The van der Waals surface area contributed by atoms with Crippen LogP contribution in [0.15, 0.2) is 24.3 Å². The minimum absolute atomic E-state index is 0.0578. The van der Waals surface area contributed by atoms with Crippen molar-refractivity contribution in [2.24, 2.45) is 11.8 Å². The first kappa shape index (κ1) is 22.0. The van der Waals surface area contributed by atoms with Crippen molar-refractivity contribution in [2.75, 3.05) is 7.11 Å². The van der Waals surface area contributed by atoms with Crippen LogP contribution < -0.4 is 5.32 Å². The third-order valence-electron chi connectivity index (χ3n) is 5.90. The lowest BCUT2D eigenvalue weighted by atomic mass is 9.70. The van der Waals surface area contributed by atoms with Crippen molar-refractivity contribution in [3.05, 3.63) is 39.9 Å². The molecule has 0 radical (unpaired) electrons. The number of nitro groups is 1. The molecular formula is C20H26N2O8. The van der Waals surface area contributed by atoms with Gasteiger partial charge >= 0.3 is 6.16 Å². The van der Waals surface area contributed by atoms with Crippen LogP contribution in [0.2, 0.25) is 0 Å². The SMILES string of the molecule is CO[C@@H]1CCC[C@@H]([C@H]2NC(=O)[C@@H]2[C@@H](C)OC(=O)OCc2ccc([N+](=O)[O-])cc2)C1O. The van der Waals surface area contributed by atoms with Crippen molar-refractivity contribution in [3.8, 4) is 0 Å². The second-order valence-electron chi connectivity index (χ2n) is 7.70. The summed E-state index contributed by atoms with van der Waals surface area (Å²) < 4.78 is 15.7. The van der Waals surface area contributed by atoms with Gasteiger partial charge in [0.15, 0.2) is 0 Å². The first-order valence-electron chi connectivity index (χ1n) is 9.89. The number of β-lactam (4-membered cyclic amide) rings is 1. The number of nitrogens with zero attached hydrogens (tertiary/aromatic N) is 1. The Morgan fingerprint density at radius 2 is 2.03 bits per heavy atom. The van der Waals surface area contributed by atoms with E-state index in [-0.39, 0.29) is 36.3 Å². The fraction of sp³-hybridized carbons (Fsp3) is 0.600. The molecule has 6 atom stereocenters. The number of benzene rings is 1. The van der Waals surface area contributed by atoms with Crippen LogP contribution in [0.5, 0.6) is 0 Å². The number of hydrogen-bond donors (Lipinski definition) is 2. The molecule has 164 valence electrons. The zero-order valence-corrected chi connectivity index (χ0v) is 16.9. The Morgan fingerprint density at radius 3 is 2.63 bits per heavy atom.